The van der Waals surface area contributed by atoms with E-state index in [1.165, 1.54) is 6.08 Å². The maximum absolute atomic E-state index is 12.0. The fourth-order valence-electron chi connectivity index (χ4n) is 2.28. The van der Waals surface area contributed by atoms with E-state index in [-0.39, 0.29) is 19.1 Å². The van der Waals surface area contributed by atoms with Crippen molar-refractivity contribution in [3.05, 3.63) is 39.7 Å². The predicted molar refractivity (Wildman–Crippen MR) is 76.4 cm³/mol. The number of carbonyl (C=O) groups excluding carboxylic acids is 1. The summed E-state index contributed by atoms with van der Waals surface area (Å²) in [5, 5.41) is 11.2. The molecule has 0 aliphatic carbocycles. The molecule has 0 atom stereocenters. The first-order valence-electron chi connectivity index (χ1n) is 6.54. The van der Waals surface area contributed by atoms with Crippen molar-refractivity contribution in [1.29, 1.82) is 0 Å². The number of nitrogens with one attached hydrogen (secondary N) is 1. The summed E-state index contributed by atoms with van der Waals surface area (Å²) in [4.78, 5) is 24.9. The van der Waals surface area contributed by atoms with E-state index in [4.69, 9.17) is 14.2 Å². The van der Waals surface area contributed by atoms with Crippen LogP contribution in [0.2, 0.25) is 0 Å². The summed E-state index contributed by atoms with van der Waals surface area (Å²) in [6, 6.07) is 3.36. The first-order chi connectivity index (χ1) is 10.6. The van der Waals surface area contributed by atoms with E-state index in [2.05, 4.69) is 4.98 Å². The number of hydrogen-bond acceptors (Lipinski definition) is 6. The van der Waals surface area contributed by atoms with E-state index in [1.54, 1.807) is 19.1 Å². The van der Waals surface area contributed by atoms with Crippen LogP contribution in [0.3, 0.4) is 0 Å². The van der Waals surface area contributed by atoms with Crippen molar-refractivity contribution >= 4 is 22.9 Å². The Hall–Kier alpha value is -3.03. The second kappa shape index (κ2) is 5.40. The van der Waals surface area contributed by atoms with E-state index in [0.717, 1.165) is 6.20 Å². The van der Waals surface area contributed by atoms with Crippen LogP contribution in [0.15, 0.2) is 18.3 Å². The molecule has 0 saturated carbocycles. The molecule has 0 spiro atoms. The van der Waals surface area contributed by atoms with Gasteiger partial charge in [0, 0.05) is 23.1 Å². The first-order valence-corrected chi connectivity index (χ1v) is 6.54. The largest absolute Gasteiger partial charge is 0.461 e. The molecule has 3 rings (SSSR count). The van der Waals surface area contributed by atoms with E-state index >= 15 is 0 Å². The van der Waals surface area contributed by atoms with Gasteiger partial charge in [0.15, 0.2) is 11.5 Å². The van der Waals surface area contributed by atoms with E-state index in [1.807, 2.05) is 0 Å². The zero-order chi connectivity index (χ0) is 15.7. The molecule has 0 amide bonds. The fourth-order valence-corrected chi connectivity index (χ4v) is 2.28. The Morgan fingerprint density at radius 3 is 2.86 bits per heavy atom. The lowest BCUT2D eigenvalue weighted by molar-refractivity contribution is -0.400. The molecule has 0 fully saturated rings. The van der Waals surface area contributed by atoms with Crippen LogP contribution < -0.4 is 9.47 Å². The normalized spacial score (nSPS) is 13.0. The van der Waals surface area contributed by atoms with Gasteiger partial charge in [0.25, 0.3) is 0 Å². The van der Waals surface area contributed by atoms with Crippen molar-refractivity contribution in [2.24, 2.45) is 0 Å². The molecule has 22 heavy (non-hydrogen) atoms. The third-order valence-electron chi connectivity index (χ3n) is 3.17. The van der Waals surface area contributed by atoms with Crippen LogP contribution >= 0.6 is 0 Å². The van der Waals surface area contributed by atoms with Crippen molar-refractivity contribution in [3.63, 3.8) is 0 Å². The maximum atomic E-state index is 12.0. The minimum Gasteiger partial charge on any atom is -0.461 e. The van der Waals surface area contributed by atoms with Crippen LogP contribution in [0, 0.1) is 10.1 Å². The molecule has 2 heterocycles. The van der Waals surface area contributed by atoms with Crippen molar-refractivity contribution in [3.8, 4) is 11.5 Å². The SMILES string of the molecule is CCOC(=O)c1[nH]c2cc3c(cc2c1/C=C/[N+](=O)[O-])OCO3. The molecule has 1 N–H and O–H groups in total. The molecule has 1 aliphatic heterocycles. The Kier molecular flexibility index (Phi) is 3.42. The predicted octanol–water partition coefficient (Wildman–Crippen LogP) is 2.32. The number of esters is 1. The zero-order valence-electron chi connectivity index (χ0n) is 11.6. The third kappa shape index (κ3) is 2.34. The van der Waals surface area contributed by atoms with Gasteiger partial charge in [-0.2, -0.15) is 0 Å². The quantitative estimate of drug-likeness (QED) is 0.528. The van der Waals surface area contributed by atoms with Gasteiger partial charge < -0.3 is 19.2 Å². The smallest absolute Gasteiger partial charge is 0.355 e. The zero-order valence-corrected chi connectivity index (χ0v) is 11.6. The van der Waals surface area contributed by atoms with Gasteiger partial charge in [-0.05, 0) is 13.0 Å². The van der Waals surface area contributed by atoms with Crippen LogP contribution in [0.25, 0.3) is 17.0 Å². The van der Waals surface area contributed by atoms with Gasteiger partial charge >= 0.3 is 5.97 Å². The fraction of sp³-hybridized carbons (Fsp3) is 0.214. The molecule has 1 aromatic heterocycles. The van der Waals surface area contributed by atoms with Gasteiger partial charge in [-0.15, -0.1) is 0 Å². The molecular formula is C14H12N2O6. The molecule has 114 valence electrons. The maximum Gasteiger partial charge on any atom is 0.355 e. The van der Waals surface area contributed by atoms with Crippen LogP contribution in [-0.4, -0.2) is 29.3 Å². The summed E-state index contributed by atoms with van der Waals surface area (Å²) in [5.74, 6) is 0.496. The summed E-state index contributed by atoms with van der Waals surface area (Å²) in [6.45, 7) is 2.01. The molecule has 0 saturated heterocycles. The number of aromatic amines is 1. The van der Waals surface area contributed by atoms with Crippen LogP contribution in [0.1, 0.15) is 23.0 Å². The van der Waals surface area contributed by atoms with Crippen molar-refractivity contribution in [1.82, 2.24) is 4.98 Å². The third-order valence-corrected chi connectivity index (χ3v) is 3.17. The van der Waals surface area contributed by atoms with Crippen LogP contribution in [0.5, 0.6) is 11.5 Å². The molecule has 1 aromatic carbocycles. The summed E-state index contributed by atoms with van der Waals surface area (Å²) < 4.78 is 15.5. The van der Waals surface area contributed by atoms with Crippen molar-refractivity contribution in [2.45, 2.75) is 6.92 Å². The summed E-state index contributed by atoms with van der Waals surface area (Å²) in [5.41, 5.74) is 1.14. The second-order valence-corrected chi connectivity index (χ2v) is 4.49. The Labute approximate surface area is 124 Å². The lowest BCUT2D eigenvalue weighted by atomic mass is 10.1. The number of H-pyrrole nitrogens is 1. The Morgan fingerprint density at radius 2 is 2.18 bits per heavy atom. The lowest BCUT2D eigenvalue weighted by Crippen LogP contribution is -2.06. The van der Waals surface area contributed by atoms with Crippen molar-refractivity contribution in [2.75, 3.05) is 13.4 Å². The molecule has 0 radical (unpaired) electrons. The number of nitro groups is 1. The van der Waals surface area contributed by atoms with E-state index in [9.17, 15) is 14.9 Å². The monoisotopic (exact) mass is 304 g/mol. The number of carbonyl (C=O) groups is 1. The van der Waals surface area contributed by atoms with Crippen molar-refractivity contribution < 1.29 is 23.9 Å². The van der Waals surface area contributed by atoms with Gasteiger partial charge in [-0.3, -0.25) is 10.1 Å². The summed E-state index contributed by atoms with van der Waals surface area (Å²) in [7, 11) is 0. The lowest BCUT2D eigenvalue weighted by Gasteiger charge is -2.00. The standard InChI is InChI=1S/C14H12N2O6/c1-2-20-14(17)13-8(3-4-16(18)19)9-5-11-12(22-7-21-11)6-10(9)15-13/h3-6,15H,2,7H2,1H3/b4-3+. The van der Waals surface area contributed by atoms with E-state index in [0.29, 0.717) is 28.0 Å². The number of nitrogens with zero attached hydrogens (tertiary/aromatic N) is 1. The molecule has 8 nitrogen and oxygen atoms in total. The first kappa shape index (κ1) is 13.9. The molecule has 1 aliphatic rings. The minimum absolute atomic E-state index is 0.118. The molecule has 8 heteroatoms. The van der Waals surface area contributed by atoms with Gasteiger partial charge in [0.05, 0.1) is 17.0 Å². The van der Waals surface area contributed by atoms with Crippen LogP contribution in [0.4, 0.5) is 0 Å². The number of hydrogen-bond donors (Lipinski definition) is 1. The Morgan fingerprint density at radius 1 is 1.45 bits per heavy atom. The highest BCUT2D eigenvalue weighted by atomic mass is 16.7. The molecule has 0 unspecified atom stereocenters. The number of aromatic nitrogens is 1. The molecule has 0 bridgehead atoms. The van der Waals surface area contributed by atoms with Gasteiger partial charge in [0.1, 0.15) is 5.69 Å². The van der Waals surface area contributed by atoms with Crippen LogP contribution in [-0.2, 0) is 4.74 Å². The van der Waals surface area contributed by atoms with E-state index < -0.39 is 10.9 Å². The average Bonchev–Trinajstić information content (AvgIpc) is 3.06. The molecular weight excluding hydrogens is 292 g/mol. The van der Waals surface area contributed by atoms with Gasteiger partial charge in [-0.25, -0.2) is 4.79 Å². The number of rotatable bonds is 4. The summed E-state index contributed by atoms with van der Waals surface area (Å²) >= 11 is 0. The number of fused-ring (bicyclic) bond motifs is 2. The van der Waals surface area contributed by atoms with Gasteiger partial charge in [0.2, 0.25) is 13.0 Å². The Bertz CT molecular complexity index is 792. The summed E-state index contributed by atoms with van der Waals surface area (Å²) in [6.07, 6.45) is 2.03. The molecule has 2 aromatic rings. The average molecular weight is 304 g/mol. The second-order valence-electron chi connectivity index (χ2n) is 4.49. The highest BCUT2D eigenvalue weighted by Crippen LogP contribution is 2.38. The minimum atomic E-state index is -0.596. The topological polar surface area (TPSA) is 104 Å². The number of benzene rings is 1. The highest BCUT2D eigenvalue weighted by Gasteiger charge is 2.22. The Balaban J connectivity index is 2.18. The number of ether oxygens (including phenoxy) is 3. The van der Waals surface area contributed by atoms with Gasteiger partial charge in [-0.1, -0.05) is 0 Å². The highest BCUT2D eigenvalue weighted by molar-refractivity contribution is 6.03.